The predicted molar refractivity (Wildman–Crippen MR) is 40.3 cm³/mol. The summed E-state index contributed by atoms with van der Waals surface area (Å²) in [5.74, 6) is 0. The van der Waals surface area contributed by atoms with Gasteiger partial charge in [-0.25, -0.2) is 0 Å². The molecule has 0 aromatic heterocycles. The van der Waals surface area contributed by atoms with Crippen LogP contribution in [0.2, 0.25) is 0 Å². The fraction of sp³-hybridized carbons (Fsp3) is 0.857. The normalized spacial score (nSPS) is 15.1. The van der Waals surface area contributed by atoms with E-state index in [9.17, 15) is 0 Å². The molecule has 9 heavy (non-hydrogen) atoms. The predicted octanol–water partition coefficient (Wildman–Crippen LogP) is 1.17. The van der Waals surface area contributed by atoms with Gasteiger partial charge in [-0.15, -0.1) is 0 Å². The third kappa shape index (κ3) is 4.15. The molecule has 3 N–H and O–H groups in total. The van der Waals surface area contributed by atoms with Crippen LogP contribution in [0.4, 0.5) is 0 Å². The third-order valence-corrected chi connectivity index (χ3v) is 1.22. The Balaban J connectivity index is 3.71. The molecule has 0 amide bonds. The van der Waals surface area contributed by atoms with E-state index in [1.165, 1.54) is 6.21 Å². The maximum Gasteiger partial charge on any atom is 0.151 e. The lowest BCUT2D eigenvalue weighted by molar-refractivity contribution is 0.155. The van der Waals surface area contributed by atoms with E-state index >= 15 is 0 Å². The highest BCUT2D eigenvalue weighted by atomic mass is 16.3. The molecule has 0 aliphatic rings. The Labute approximate surface area is 56.4 Å². The molecule has 54 valence electrons. The molecule has 0 heterocycles. The zero-order valence-electron chi connectivity index (χ0n) is 6.36. The molecule has 0 aliphatic carbocycles. The average Bonchev–Trinajstić information content (AvgIpc) is 1.63. The lowest BCUT2D eigenvalue weighted by atomic mass is 9.89. The second-order valence-electron chi connectivity index (χ2n) is 3.24. The van der Waals surface area contributed by atoms with Gasteiger partial charge in [0.15, 0.2) is 6.10 Å². The Morgan fingerprint density at radius 2 is 2.11 bits per heavy atom. The second-order valence-corrected chi connectivity index (χ2v) is 3.24. The standard InChI is InChI=1S/C7H15NO/c1-6(9)4-7(2,3)5-8/h5-6,8-9H,4H2,1-3H3/p+1. The van der Waals surface area contributed by atoms with Crippen LogP contribution in [-0.4, -0.2) is 17.4 Å². The first-order valence-corrected chi connectivity index (χ1v) is 3.21. The van der Waals surface area contributed by atoms with Gasteiger partial charge in [-0.1, -0.05) is 13.8 Å². The van der Waals surface area contributed by atoms with E-state index < -0.39 is 0 Å². The third-order valence-electron chi connectivity index (χ3n) is 1.22. The van der Waals surface area contributed by atoms with E-state index in [0.717, 1.165) is 6.42 Å². The van der Waals surface area contributed by atoms with E-state index in [0.29, 0.717) is 0 Å². The molecule has 2 heteroatoms. The van der Waals surface area contributed by atoms with Crippen LogP contribution in [0, 0.1) is 10.8 Å². The van der Waals surface area contributed by atoms with E-state index in [1.807, 2.05) is 20.8 Å². The highest BCUT2D eigenvalue weighted by Crippen LogP contribution is 2.18. The van der Waals surface area contributed by atoms with Crippen LogP contribution in [0.5, 0.6) is 0 Å². The van der Waals surface area contributed by atoms with Crippen LogP contribution in [0.1, 0.15) is 27.2 Å². The minimum atomic E-state index is -0.0822. The van der Waals surface area contributed by atoms with Gasteiger partial charge >= 0.3 is 0 Å². The summed E-state index contributed by atoms with van der Waals surface area (Å²) >= 11 is 0. The molecule has 0 fully saturated rings. The summed E-state index contributed by atoms with van der Waals surface area (Å²) in [7, 11) is 0. The maximum atomic E-state index is 7.23. The summed E-state index contributed by atoms with van der Waals surface area (Å²) in [5, 5.41) is 14.2. The first-order chi connectivity index (χ1) is 3.98. The summed E-state index contributed by atoms with van der Waals surface area (Å²) in [6.07, 6.45) is 2.13. The smallest absolute Gasteiger partial charge is 0.151 e. The van der Waals surface area contributed by atoms with Gasteiger partial charge in [0, 0.05) is 25.0 Å². The molecular weight excluding hydrogens is 114 g/mol. The van der Waals surface area contributed by atoms with Crippen molar-refractivity contribution in [1.29, 1.82) is 5.41 Å². The largest absolute Gasteiger partial charge is 0.443 e. The molecule has 0 spiro atoms. The van der Waals surface area contributed by atoms with Crippen molar-refractivity contribution in [3.63, 3.8) is 0 Å². The summed E-state index contributed by atoms with van der Waals surface area (Å²) in [4.78, 5) is 0. The summed E-state index contributed by atoms with van der Waals surface area (Å²) in [6, 6.07) is 0. The van der Waals surface area contributed by atoms with Gasteiger partial charge < -0.3 is 10.5 Å². The van der Waals surface area contributed by atoms with Crippen LogP contribution in [0.25, 0.3) is 0 Å². The van der Waals surface area contributed by atoms with Gasteiger partial charge in [0.25, 0.3) is 0 Å². The molecule has 0 bridgehead atoms. The lowest BCUT2D eigenvalue weighted by Crippen LogP contribution is -2.19. The SMILES string of the molecule is CC([OH2+])CC(C)(C)C=N. The summed E-state index contributed by atoms with van der Waals surface area (Å²) < 4.78 is 0. The minimum absolute atomic E-state index is 0.0541. The van der Waals surface area contributed by atoms with E-state index in [2.05, 4.69) is 0 Å². The second kappa shape index (κ2) is 2.97. The number of nitrogens with one attached hydrogen (secondary N) is 1. The Bertz CT molecular complexity index is 97.1. The van der Waals surface area contributed by atoms with E-state index in [-0.39, 0.29) is 11.5 Å². The Morgan fingerprint density at radius 3 is 2.22 bits per heavy atom. The van der Waals surface area contributed by atoms with Crippen LogP contribution in [-0.2, 0) is 0 Å². The van der Waals surface area contributed by atoms with Crippen molar-refractivity contribution in [2.24, 2.45) is 5.41 Å². The van der Waals surface area contributed by atoms with Crippen LogP contribution in [0.3, 0.4) is 0 Å². The van der Waals surface area contributed by atoms with Crippen molar-refractivity contribution in [3.05, 3.63) is 0 Å². The fourth-order valence-corrected chi connectivity index (χ4v) is 0.848. The van der Waals surface area contributed by atoms with Crippen molar-refractivity contribution in [3.8, 4) is 0 Å². The molecule has 1 unspecified atom stereocenters. The van der Waals surface area contributed by atoms with Gasteiger partial charge in [0.2, 0.25) is 0 Å². The van der Waals surface area contributed by atoms with Gasteiger partial charge in [-0.05, 0) is 0 Å². The van der Waals surface area contributed by atoms with Gasteiger partial charge in [-0.3, -0.25) is 0 Å². The minimum Gasteiger partial charge on any atom is -0.443 e. The maximum absolute atomic E-state index is 7.23. The highest BCUT2D eigenvalue weighted by Gasteiger charge is 2.18. The summed E-state index contributed by atoms with van der Waals surface area (Å²) in [6.45, 7) is 5.81. The fourth-order valence-electron chi connectivity index (χ4n) is 0.848. The van der Waals surface area contributed by atoms with Crippen molar-refractivity contribution < 1.29 is 5.11 Å². The van der Waals surface area contributed by atoms with Gasteiger partial charge in [-0.2, -0.15) is 0 Å². The van der Waals surface area contributed by atoms with Crippen molar-refractivity contribution in [2.75, 3.05) is 0 Å². The topological polar surface area (TPSA) is 46.8 Å². The highest BCUT2D eigenvalue weighted by molar-refractivity contribution is 5.60. The summed E-state index contributed by atoms with van der Waals surface area (Å²) in [5.41, 5.74) is -0.0822. The molecule has 0 saturated heterocycles. The Kier molecular flexibility index (Phi) is 2.85. The zero-order chi connectivity index (χ0) is 7.49. The molecule has 2 nitrogen and oxygen atoms in total. The zero-order valence-corrected chi connectivity index (χ0v) is 6.36. The van der Waals surface area contributed by atoms with Crippen LogP contribution >= 0.6 is 0 Å². The lowest BCUT2D eigenvalue weighted by Gasteiger charge is -2.17. The monoisotopic (exact) mass is 130 g/mol. The molecule has 0 rings (SSSR count). The number of hydrogen-bond donors (Lipinski definition) is 1. The number of rotatable bonds is 3. The molecular formula is C7H16NO+. The molecule has 0 aromatic carbocycles. The average molecular weight is 130 g/mol. The van der Waals surface area contributed by atoms with Gasteiger partial charge in [0.1, 0.15) is 0 Å². The molecule has 0 saturated carbocycles. The van der Waals surface area contributed by atoms with Crippen molar-refractivity contribution in [1.82, 2.24) is 0 Å². The Morgan fingerprint density at radius 1 is 1.67 bits per heavy atom. The first kappa shape index (κ1) is 8.63. The molecule has 0 aliphatic heterocycles. The molecule has 1 atom stereocenters. The Hall–Kier alpha value is -0.370. The van der Waals surface area contributed by atoms with Crippen molar-refractivity contribution in [2.45, 2.75) is 33.3 Å². The molecule has 0 radical (unpaired) electrons. The van der Waals surface area contributed by atoms with Crippen LogP contribution in [0.15, 0.2) is 0 Å². The van der Waals surface area contributed by atoms with Crippen LogP contribution < -0.4 is 0 Å². The van der Waals surface area contributed by atoms with Gasteiger partial charge in [0.05, 0.1) is 0 Å². The van der Waals surface area contributed by atoms with Crippen molar-refractivity contribution >= 4 is 6.21 Å². The quantitative estimate of drug-likeness (QED) is 0.440. The van der Waals surface area contributed by atoms with E-state index in [4.69, 9.17) is 10.5 Å². The molecule has 0 aromatic rings. The first-order valence-electron chi connectivity index (χ1n) is 3.21. The van der Waals surface area contributed by atoms with E-state index in [1.54, 1.807) is 0 Å². The number of hydrogen-bond acceptors (Lipinski definition) is 1.